The number of carbonyl (C=O) groups is 1. The van der Waals surface area contributed by atoms with Gasteiger partial charge in [-0.1, -0.05) is 12.1 Å². The van der Waals surface area contributed by atoms with Gasteiger partial charge in [0.2, 0.25) is 0 Å². The lowest BCUT2D eigenvalue weighted by atomic mass is 10.1. The van der Waals surface area contributed by atoms with E-state index in [-0.39, 0.29) is 11.5 Å². The molecule has 1 aromatic rings. The van der Waals surface area contributed by atoms with Crippen molar-refractivity contribution in [3.8, 4) is 0 Å². The molecule has 1 fully saturated rings. The molecule has 98 valence electrons. The number of nitrogens with one attached hydrogen (secondary N) is 2. The quantitative estimate of drug-likeness (QED) is 0.858. The Morgan fingerprint density at radius 2 is 2.39 bits per heavy atom. The number of rotatable bonds is 4. The van der Waals surface area contributed by atoms with Gasteiger partial charge in [-0.15, -0.1) is 0 Å². The van der Waals surface area contributed by atoms with E-state index in [1.165, 1.54) is 12.5 Å². The maximum atomic E-state index is 13.7. The largest absolute Gasteiger partial charge is 0.352 e. The van der Waals surface area contributed by atoms with Crippen LogP contribution >= 0.6 is 0 Å². The first-order chi connectivity index (χ1) is 8.68. The van der Waals surface area contributed by atoms with E-state index in [0.717, 1.165) is 19.4 Å². The van der Waals surface area contributed by atoms with Crippen molar-refractivity contribution in [2.45, 2.75) is 32.2 Å². The van der Waals surface area contributed by atoms with Crippen LogP contribution in [0.1, 0.15) is 35.2 Å². The number of aryl methyl sites for hydroxylation is 1. The fourth-order valence-corrected chi connectivity index (χ4v) is 2.28. The van der Waals surface area contributed by atoms with Crippen molar-refractivity contribution in [2.24, 2.45) is 0 Å². The highest BCUT2D eigenvalue weighted by molar-refractivity contribution is 5.94. The molecule has 0 unspecified atom stereocenters. The van der Waals surface area contributed by atoms with E-state index >= 15 is 0 Å². The molecule has 1 aliphatic heterocycles. The molecule has 0 radical (unpaired) electrons. The highest BCUT2D eigenvalue weighted by Gasteiger charge is 2.15. The van der Waals surface area contributed by atoms with Gasteiger partial charge in [0.25, 0.3) is 5.91 Å². The second-order valence-electron chi connectivity index (χ2n) is 4.77. The summed E-state index contributed by atoms with van der Waals surface area (Å²) in [5, 5.41) is 6.14. The van der Waals surface area contributed by atoms with E-state index in [1.54, 1.807) is 19.1 Å². The molecule has 0 aromatic heterocycles. The molecule has 0 bridgehead atoms. The molecule has 0 saturated carbocycles. The van der Waals surface area contributed by atoms with Crippen LogP contribution in [-0.4, -0.2) is 25.0 Å². The van der Waals surface area contributed by atoms with Gasteiger partial charge in [0.1, 0.15) is 5.82 Å². The number of amides is 1. The van der Waals surface area contributed by atoms with Gasteiger partial charge in [0.05, 0.1) is 5.56 Å². The Balaban J connectivity index is 1.85. The van der Waals surface area contributed by atoms with Crippen LogP contribution < -0.4 is 10.6 Å². The molecule has 2 rings (SSSR count). The van der Waals surface area contributed by atoms with Gasteiger partial charge in [0.15, 0.2) is 0 Å². The lowest BCUT2D eigenvalue weighted by molar-refractivity contribution is 0.0948. The van der Waals surface area contributed by atoms with Crippen LogP contribution in [0.15, 0.2) is 18.2 Å². The normalized spacial score (nSPS) is 18.9. The Kier molecular flexibility index (Phi) is 4.31. The maximum absolute atomic E-state index is 13.7. The number of hydrogen-bond donors (Lipinski definition) is 2. The zero-order chi connectivity index (χ0) is 13.0. The second kappa shape index (κ2) is 5.96. The summed E-state index contributed by atoms with van der Waals surface area (Å²) in [5.41, 5.74) is 0.634. The lowest BCUT2D eigenvalue weighted by Crippen LogP contribution is -2.31. The Bertz CT molecular complexity index is 428. The molecule has 1 atom stereocenters. The molecule has 2 N–H and O–H groups in total. The molecule has 1 aliphatic rings. The summed E-state index contributed by atoms with van der Waals surface area (Å²) < 4.78 is 13.7. The second-order valence-corrected chi connectivity index (χ2v) is 4.77. The average Bonchev–Trinajstić information content (AvgIpc) is 2.85. The Hall–Kier alpha value is -1.42. The number of halogens is 1. The van der Waals surface area contributed by atoms with Gasteiger partial charge in [0, 0.05) is 12.6 Å². The van der Waals surface area contributed by atoms with Crippen LogP contribution in [0.3, 0.4) is 0 Å². The smallest absolute Gasteiger partial charge is 0.254 e. The highest BCUT2D eigenvalue weighted by Crippen LogP contribution is 2.12. The van der Waals surface area contributed by atoms with Crippen molar-refractivity contribution in [2.75, 3.05) is 13.1 Å². The maximum Gasteiger partial charge on any atom is 0.254 e. The van der Waals surface area contributed by atoms with E-state index in [4.69, 9.17) is 0 Å². The summed E-state index contributed by atoms with van der Waals surface area (Å²) in [6.45, 7) is 3.31. The standard InChI is InChI=1S/C14H19FN2O/c1-10-4-2-6-12(13(10)15)14(18)17-9-7-11-5-3-8-16-11/h2,4,6,11,16H,3,5,7-9H2,1H3,(H,17,18)/t11-/m0/s1. The fraction of sp³-hybridized carbons (Fsp3) is 0.500. The first-order valence-corrected chi connectivity index (χ1v) is 6.45. The van der Waals surface area contributed by atoms with Gasteiger partial charge in [-0.25, -0.2) is 4.39 Å². The van der Waals surface area contributed by atoms with Crippen LogP contribution in [0.2, 0.25) is 0 Å². The van der Waals surface area contributed by atoms with Crippen LogP contribution in [0.4, 0.5) is 4.39 Å². The van der Waals surface area contributed by atoms with Gasteiger partial charge in [-0.05, 0) is 44.4 Å². The van der Waals surface area contributed by atoms with E-state index in [2.05, 4.69) is 10.6 Å². The Morgan fingerprint density at radius 3 is 3.11 bits per heavy atom. The third-order valence-corrected chi connectivity index (χ3v) is 3.38. The van der Waals surface area contributed by atoms with Crippen molar-refractivity contribution in [3.63, 3.8) is 0 Å². The predicted octanol–water partition coefficient (Wildman–Crippen LogP) is 2.01. The van der Waals surface area contributed by atoms with E-state index in [9.17, 15) is 9.18 Å². The average molecular weight is 250 g/mol. The topological polar surface area (TPSA) is 41.1 Å². The summed E-state index contributed by atoms with van der Waals surface area (Å²) >= 11 is 0. The molecule has 0 aliphatic carbocycles. The minimum atomic E-state index is -0.422. The zero-order valence-electron chi connectivity index (χ0n) is 10.6. The number of benzene rings is 1. The molecule has 4 heteroatoms. The third kappa shape index (κ3) is 3.07. The van der Waals surface area contributed by atoms with E-state index in [1.807, 2.05) is 0 Å². The summed E-state index contributed by atoms with van der Waals surface area (Å²) in [6.07, 6.45) is 3.26. The van der Waals surface area contributed by atoms with Gasteiger partial charge in [-0.3, -0.25) is 4.79 Å². The zero-order valence-corrected chi connectivity index (χ0v) is 10.6. The molecule has 1 amide bonds. The first-order valence-electron chi connectivity index (χ1n) is 6.45. The first kappa shape index (κ1) is 13.0. The number of carbonyl (C=O) groups excluding carboxylic acids is 1. The fourth-order valence-electron chi connectivity index (χ4n) is 2.28. The molecule has 0 spiro atoms. The van der Waals surface area contributed by atoms with E-state index < -0.39 is 5.82 Å². The minimum absolute atomic E-state index is 0.134. The molecular formula is C14H19FN2O. The van der Waals surface area contributed by atoms with Gasteiger partial charge < -0.3 is 10.6 Å². The van der Waals surface area contributed by atoms with Crippen molar-refractivity contribution >= 4 is 5.91 Å². The van der Waals surface area contributed by atoms with Crippen molar-refractivity contribution < 1.29 is 9.18 Å². The Labute approximate surface area is 107 Å². The summed E-state index contributed by atoms with van der Waals surface area (Å²) in [6, 6.07) is 5.37. The lowest BCUT2D eigenvalue weighted by Gasteiger charge is -2.11. The monoisotopic (exact) mass is 250 g/mol. The molecule has 1 aromatic carbocycles. The van der Waals surface area contributed by atoms with Crippen molar-refractivity contribution in [1.82, 2.24) is 10.6 Å². The van der Waals surface area contributed by atoms with Crippen LogP contribution in [0.25, 0.3) is 0 Å². The highest BCUT2D eigenvalue weighted by atomic mass is 19.1. The summed E-state index contributed by atoms with van der Waals surface area (Å²) in [4.78, 5) is 11.8. The predicted molar refractivity (Wildman–Crippen MR) is 69.1 cm³/mol. The number of hydrogen-bond acceptors (Lipinski definition) is 2. The van der Waals surface area contributed by atoms with Crippen molar-refractivity contribution in [1.29, 1.82) is 0 Å². The summed E-state index contributed by atoms with van der Waals surface area (Å²) in [7, 11) is 0. The molecular weight excluding hydrogens is 231 g/mol. The molecule has 18 heavy (non-hydrogen) atoms. The Morgan fingerprint density at radius 1 is 1.56 bits per heavy atom. The molecule has 1 heterocycles. The van der Waals surface area contributed by atoms with E-state index in [0.29, 0.717) is 18.2 Å². The molecule has 1 saturated heterocycles. The third-order valence-electron chi connectivity index (χ3n) is 3.38. The van der Waals surface area contributed by atoms with Gasteiger partial charge in [-0.2, -0.15) is 0 Å². The van der Waals surface area contributed by atoms with Gasteiger partial charge >= 0.3 is 0 Å². The van der Waals surface area contributed by atoms with Crippen molar-refractivity contribution in [3.05, 3.63) is 35.1 Å². The summed E-state index contributed by atoms with van der Waals surface area (Å²) in [5.74, 6) is -0.747. The van der Waals surface area contributed by atoms with Crippen LogP contribution in [0.5, 0.6) is 0 Å². The minimum Gasteiger partial charge on any atom is -0.352 e. The van der Waals surface area contributed by atoms with Crippen LogP contribution in [0, 0.1) is 12.7 Å². The SMILES string of the molecule is Cc1cccc(C(=O)NCC[C@@H]2CCCN2)c1F. The van der Waals surface area contributed by atoms with Crippen LogP contribution in [-0.2, 0) is 0 Å². The molecule has 3 nitrogen and oxygen atoms in total.